The van der Waals surface area contributed by atoms with E-state index in [9.17, 15) is 0 Å². The Morgan fingerprint density at radius 2 is 1.48 bits per heavy atom. The van der Waals surface area contributed by atoms with Crippen LogP contribution in [0.4, 0.5) is 0 Å². The molecule has 0 heterocycles. The first-order valence-corrected chi connectivity index (χ1v) is 9.64. The van der Waals surface area contributed by atoms with Crippen LogP contribution in [-0.4, -0.2) is 11.0 Å². The van der Waals surface area contributed by atoms with E-state index in [0.29, 0.717) is 0 Å². The molecular formula is C18H20BIP. The van der Waals surface area contributed by atoms with Gasteiger partial charge in [0, 0.05) is 0 Å². The highest BCUT2D eigenvalue weighted by atomic mass is 127. The Bertz CT molecular complexity index is 537. The number of rotatable bonds is 6. The van der Waals surface area contributed by atoms with Gasteiger partial charge in [0.15, 0.2) is 0 Å². The van der Waals surface area contributed by atoms with Gasteiger partial charge in [0.1, 0.15) is 0 Å². The van der Waals surface area contributed by atoms with Crippen molar-refractivity contribution in [1.82, 2.24) is 0 Å². The highest BCUT2D eigenvalue weighted by Crippen LogP contribution is 2.33. The van der Waals surface area contributed by atoms with Gasteiger partial charge in [0.25, 0.3) is 0 Å². The van der Waals surface area contributed by atoms with Gasteiger partial charge in [0.05, 0.1) is 0 Å². The van der Waals surface area contributed by atoms with Crippen LogP contribution in [0, 0.1) is 5.41 Å². The third-order valence-corrected chi connectivity index (χ3v) is 5.93. The van der Waals surface area contributed by atoms with Crippen molar-refractivity contribution in [3.63, 3.8) is 0 Å². The van der Waals surface area contributed by atoms with E-state index < -0.39 is 0 Å². The molecule has 0 nitrogen and oxygen atoms in total. The molecule has 0 bridgehead atoms. The average Bonchev–Trinajstić information content (AvgIpc) is 2.52. The van der Waals surface area contributed by atoms with Gasteiger partial charge >= 0.3 is 0 Å². The summed E-state index contributed by atoms with van der Waals surface area (Å²) in [6, 6.07) is 21.4. The van der Waals surface area contributed by atoms with Crippen LogP contribution in [0.5, 0.6) is 0 Å². The van der Waals surface area contributed by atoms with Gasteiger partial charge in [-0.15, -0.1) is 8.46 Å². The number of allylic oxidation sites excluding steroid dienone is 1. The van der Waals surface area contributed by atoms with Gasteiger partial charge in [-0.3, -0.25) is 0 Å². The molecule has 107 valence electrons. The Morgan fingerprint density at radius 1 is 1.00 bits per heavy atom. The molecule has 1 radical (unpaired) electrons. The average molecular weight is 405 g/mol. The summed E-state index contributed by atoms with van der Waals surface area (Å²) in [7, 11) is 0.898. The summed E-state index contributed by atoms with van der Waals surface area (Å²) in [4.78, 5) is 2.25. The molecule has 0 N–H and O–H groups in total. The van der Waals surface area contributed by atoms with Gasteiger partial charge < -0.3 is 0 Å². The van der Waals surface area contributed by atoms with Crippen molar-refractivity contribution in [2.45, 2.75) is 13.8 Å². The minimum absolute atomic E-state index is 0.196. The summed E-state index contributed by atoms with van der Waals surface area (Å²) in [6.07, 6.45) is 3.63. The number of hydrogen-bond donors (Lipinski definition) is 0. The highest BCUT2D eigenvalue weighted by molar-refractivity contribution is 14.1. The fourth-order valence-electron chi connectivity index (χ4n) is 2.31. The normalized spacial score (nSPS) is 11.6. The number of benzene rings is 2. The predicted molar refractivity (Wildman–Crippen MR) is 107 cm³/mol. The topological polar surface area (TPSA) is 0 Å². The monoisotopic (exact) mass is 405 g/mol. The summed E-state index contributed by atoms with van der Waals surface area (Å²) in [5.41, 5.74) is 4.11. The van der Waals surface area contributed by atoms with E-state index in [1.807, 2.05) is 0 Å². The van der Waals surface area contributed by atoms with Gasteiger partial charge in [0.2, 0.25) is 4.86 Å². The van der Waals surface area contributed by atoms with E-state index >= 15 is 0 Å². The fraction of sp³-hybridized carbons (Fsp3) is 0.222. The van der Waals surface area contributed by atoms with Crippen molar-refractivity contribution in [3.8, 4) is 0 Å². The van der Waals surface area contributed by atoms with E-state index in [4.69, 9.17) is 0 Å². The summed E-state index contributed by atoms with van der Waals surface area (Å²) < 4.78 is 0. The summed E-state index contributed by atoms with van der Waals surface area (Å²) in [5, 5.41) is 0. The lowest BCUT2D eigenvalue weighted by atomic mass is 9.87. The predicted octanol–water partition coefficient (Wildman–Crippen LogP) is 5.79. The molecule has 0 amide bonds. The lowest BCUT2D eigenvalue weighted by Gasteiger charge is -2.22. The van der Waals surface area contributed by atoms with Crippen molar-refractivity contribution in [2.24, 2.45) is 5.41 Å². The van der Waals surface area contributed by atoms with Crippen molar-refractivity contribution in [3.05, 3.63) is 77.9 Å². The number of hydrogen-bond acceptors (Lipinski definition) is 0. The Kier molecular flexibility index (Phi) is 6.51. The maximum Gasteiger partial charge on any atom is 0.230 e. The van der Waals surface area contributed by atoms with E-state index in [1.54, 1.807) is 0 Å². The molecule has 2 rings (SSSR count). The first-order valence-electron chi connectivity index (χ1n) is 7.11. The van der Waals surface area contributed by atoms with Crippen LogP contribution in [-0.2, 0) is 0 Å². The SMILES string of the molecule is CC(C)(C=C(c1ccccc1)c1ccccc1)CP[B]I. The van der Waals surface area contributed by atoms with E-state index in [-0.39, 0.29) is 5.41 Å². The van der Waals surface area contributed by atoms with Crippen LogP contribution in [0.1, 0.15) is 25.0 Å². The zero-order chi connectivity index (χ0) is 15.1. The van der Waals surface area contributed by atoms with E-state index in [1.165, 1.54) is 22.9 Å². The molecule has 2 aromatic rings. The molecule has 21 heavy (non-hydrogen) atoms. The Morgan fingerprint density at radius 3 is 1.90 bits per heavy atom. The van der Waals surface area contributed by atoms with Crippen LogP contribution in [0.25, 0.3) is 5.57 Å². The lowest BCUT2D eigenvalue weighted by Crippen LogP contribution is -2.12. The maximum atomic E-state index is 2.44. The third-order valence-electron chi connectivity index (χ3n) is 3.34. The second-order valence-electron chi connectivity index (χ2n) is 5.77. The van der Waals surface area contributed by atoms with Gasteiger partial charge in [-0.05, 0) is 28.3 Å². The quantitative estimate of drug-likeness (QED) is 0.324. The summed E-state index contributed by atoms with van der Waals surface area (Å²) in [6.45, 7) is 4.65. The van der Waals surface area contributed by atoms with E-state index in [0.717, 1.165) is 8.46 Å². The zero-order valence-corrected chi connectivity index (χ0v) is 15.7. The lowest BCUT2D eigenvalue weighted by molar-refractivity contribution is 0.557. The largest absolute Gasteiger partial charge is 0.230 e. The second kappa shape index (κ2) is 8.15. The molecular weight excluding hydrogens is 385 g/mol. The first-order chi connectivity index (χ1) is 10.1. The molecule has 0 aliphatic heterocycles. The third kappa shape index (κ3) is 5.27. The minimum Gasteiger partial charge on any atom is -0.152 e. The molecule has 2 aromatic carbocycles. The van der Waals surface area contributed by atoms with Crippen molar-refractivity contribution >= 4 is 41.3 Å². The summed E-state index contributed by atoms with van der Waals surface area (Å²) >= 11 is 2.35. The molecule has 0 aliphatic rings. The van der Waals surface area contributed by atoms with Crippen LogP contribution >= 0.6 is 30.8 Å². The van der Waals surface area contributed by atoms with Crippen molar-refractivity contribution < 1.29 is 0 Å². The zero-order valence-electron chi connectivity index (χ0n) is 12.5. The molecule has 3 heteroatoms. The maximum absolute atomic E-state index is 2.44. The molecule has 0 saturated carbocycles. The van der Waals surface area contributed by atoms with Gasteiger partial charge in [-0.2, -0.15) is 22.4 Å². The Labute approximate surface area is 144 Å². The van der Waals surface area contributed by atoms with Crippen LogP contribution in [0.2, 0.25) is 0 Å². The van der Waals surface area contributed by atoms with Crippen molar-refractivity contribution in [2.75, 3.05) is 6.16 Å². The second-order valence-corrected chi connectivity index (χ2v) is 8.62. The fourth-order valence-corrected chi connectivity index (χ4v) is 3.68. The van der Waals surface area contributed by atoms with Gasteiger partial charge in [-0.25, -0.2) is 0 Å². The van der Waals surface area contributed by atoms with E-state index in [2.05, 4.69) is 108 Å². The molecule has 0 fully saturated rings. The number of halogens is 1. The summed E-state index contributed by atoms with van der Waals surface area (Å²) in [5.74, 6) is 0. The molecule has 0 aromatic heterocycles. The molecule has 0 spiro atoms. The van der Waals surface area contributed by atoms with Crippen LogP contribution < -0.4 is 0 Å². The van der Waals surface area contributed by atoms with Crippen LogP contribution in [0.3, 0.4) is 0 Å². The Hall–Kier alpha value is -0.595. The highest BCUT2D eigenvalue weighted by Gasteiger charge is 2.17. The van der Waals surface area contributed by atoms with Crippen molar-refractivity contribution in [1.29, 1.82) is 0 Å². The van der Waals surface area contributed by atoms with Gasteiger partial charge in [-0.1, -0.05) is 80.6 Å². The smallest absolute Gasteiger partial charge is 0.152 e. The molecule has 1 atom stereocenters. The molecule has 1 unspecified atom stereocenters. The molecule has 0 aliphatic carbocycles. The first kappa shape index (κ1) is 16.8. The molecule has 0 saturated heterocycles. The van der Waals surface area contributed by atoms with Crippen LogP contribution in [0.15, 0.2) is 66.7 Å². The standard InChI is InChI=1S/C18H20BIP/c1-18(2,14-21-19-20)13-17(15-9-5-3-6-10-15)16-11-7-4-8-12-16/h3-13,21H,14H2,1-2H3. The minimum atomic E-state index is 0.196. The Balaban J connectivity index is 2.42.